The van der Waals surface area contributed by atoms with Gasteiger partial charge >= 0.3 is 0 Å². The van der Waals surface area contributed by atoms with Crippen LogP contribution in [0.3, 0.4) is 0 Å². The van der Waals surface area contributed by atoms with Gasteiger partial charge in [0.25, 0.3) is 17.7 Å². The largest absolute Gasteiger partial charge is 0.459 e. The molecular formula is C26H23N3O5. The molecule has 0 saturated carbocycles. The zero-order valence-electron chi connectivity index (χ0n) is 18.6. The molecule has 3 heterocycles. The Morgan fingerprint density at radius 1 is 0.824 bits per heavy atom. The summed E-state index contributed by atoms with van der Waals surface area (Å²) in [5.41, 5.74) is 2.22. The summed E-state index contributed by atoms with van der Waals surface area (Å²) in [6.45, 7) is 3.28. The highest BCUT2D eigenvalue weighted by molar-refractivity contribution is 6.14. The van der Waals surface area contributed by atoms with E-state index in [1.165, 1.54) is 6.26 Å². The Hall–Kier alpha value is -4.33. The van der Waals surface area contributed by atoms with E-state index in [2.05, 4.69) is 5.32 Å². The standard InChI is InChI=1S/C26H23N3O5/c1-17-7-2-3-8-18(17)24(30)27-22-19-9-4-5-10-20(19)34-23(22)26(32)29-14-12-28(13-15-29)25(31)21-11-6-16-33-21/h2-11,16H,12-15H2,1H3,(H,27,30). The molecule has 1 fully saturated rings. The molecule has 1 N–H and O–H groups in total. The van der Waals surface area contributed by atoms with Crippen molar-refractivity contribution in [2.45, 2.75) is 6.92 Å². The lowest BCUT2D eigenvalue weighted by Gasteiger charge is -2.34. The summed E-state index contributed by atoms with van der Waals surface area (Å²) in [7, 11) is 0. The topological polar surface area (TPSA) is 96.0 Å². The Kier molecular flexibility index (Phi) is 5.63. The van der Waals surface area contributed by atoms with Crippen molar-refractivity contribution in [3.8, 4) is 0 Å². The Labute approximate surface area is 195 Å². The van der Waals surface area contributed by atoms with Crippen LogP contribution in [0.1, 0.15) is 37.0 Å². The van der Waals surface area contributed by atoms with E-state index in [1.807, 2.05) is 37.3 Å². The first kappa shape index (κ1) is 21.5. The molecule has 0 radical (unpaired) electrons. The summed E-state index contributed by atoms with van der Waals surface area (Å²) in [5.74, 6) is -0.492. The quantitative estimate of drug-likeness (QED) is 0.496. The molecular weight excluding hydrogens is 434 g/mol. The number of rotatable bonds is 4. The summed E-state index contributed by atoms with van der Waals surface area (Å²) in [6.07, 6.45) is 1.46. The number of fused-ring (bicyclic) bond motifs is 1. The number of para-hydroxylation sites is 1. The van der Waals surface area contributed by atoms with Crippen LogP contribution in [0.15, 0.2) is 75.8 Å². The number of anilines is 1. The Balaban J connectivity index is 1.38. The molecule has 1 aliphatic heterocycles. The molecule has 0 bridgehead atoms. The number of hydrogen-bond acceptors (Lipinski definition) is 5. The van der Waals surface area contributed by atoms with E-state index < -0.39 is 0 Å². The molecule has 4 aromatic rings. The van der Waals surface area contributed by atoms with E-state index in [-0.39, 0.29) is 29.2 Å². The molecule has 1 saturated heterocycles. The van der Waals surface area contributed by atoms with Crippen LogP contribution in [0, 0.1) is 6.92 Å². The number of aryl methyl sites for hydroxylation is 1. The maximum absolute atomic E-state index is 13.4. The van der Waals surface area contributed by atoms with Gasteiger partial charge in [-0.25, -0.2) is 0 Å². The average molecular weight is 457 g/mol. The molecule has 1 aliphatic rings. The lowest BCUT2D eigenvalue weighted by Crippen LogP contribution is -2.50. The predicted octanol–water partition coefficient (Wildman–Crippen LogP) is 4.18. The lowest BCUT2D eigenvalue weighted by molar-refractivity contribution is 0.0504. The number of nitrogens with one attached hydrogen (secondary N) is 1. The van der Waals surface area contributed by atoms with Gasteiger partial charge < -0.3 is 24.0 Å². The number of carbonyl (C=O) groups is 3. The Morgan fingerprint density at radius 3 is 2.21 bits per heavy atom. The SMILES string of the molecule is Cc1ccccc1C(=O)Nc1c(C(=O)N2CCN(C(=O)c3ccco3)CC2)oc2ccccc12. The van der Waals surface area contributed by atoms with Crippen LogP contribution < -0.4 is 5.32 Å². The van der Waals surface area contributed by atoms with Crippen LogP contribution in [0.25, 0.3) is 11.0 Å². The van der Waals surface area contributed by atoms with Gasteiger partial charge in [-0.05, 0) is 42.8 Å². The van der Waals surface area contributed by atoms with Crippen molar-refractivity contribution in [3.63, 3.8) is 0 Å². The molecule has 2 aromatic heterocycles. The van der Waals surface area contributed by atoms with E-state index >= 15 is 0 Å². The zero-order valence-corrected chi connectivity index (χ0v) is 18.6. The van der Waals surface area contributed by atoms with E-state index in [4.69, 9.17) is 8.83 Å². The minimum atomic E-state index is -0.332. The molecule has 34 heavy (non-hydrogen) atoms. The summed E-state index contributed by atoms with van der Waals surface area (Å²) in [5, 5.41) is 3.55. The van der Waals surface area contributed by atoms with Crippen molar-refractivity contribution >= 4 is 34.4 Å². The van der Waals surface area contributed by atoms with E-state index in [9.17, 15) is 14.4 Å². The van der Waals surface area contributed by atoms with Crippen molar-refractivity contribution in [1.29, 1.82) is 0 Å². The Bertz CT molecular complexity index is 1360. The molecule has 0 aliphatic carbocycles. The molecule has 0 spiro atoms. The number of benzene rings is 2. The van der Waals surface area contributed by atoms with Crippen molar-refractivity contribution in [3.05, 3.63) is 89.6 Å². The van der Waals surface area contributed by atoms with Crippen LogP contribution in [-0.2, 0) is 0 Å². The van der Waals surface area contributed by atoms with E-state index in [0.29, 0.717) is 48.4 Å². The average Bonchev–Trinajstić information content (AvgIpc) is 3.52. The van der Waals surface area contributed by atoms with Gasteiger partial charge in [-0.2, -0.15) is 0 Å². The lowest BCUT2D eigenvalue weighted by atomic mass is 10.1. The first-order chi connectivity index (χ1) is 16.5. The summed E-state index contributed by atoms with van der Waals surface area (Å²) in [6, 6.07) is 17.8. The molecule has 5 rings (SSSR count). The zero-order chi connectivity index (χ0) is 23.7. The van der Waals surface area contributed by atoms with Gasteiger partial charge in [-0.1, -0.05) is 30.3 Å². The number of hydrogen-bond donors (Lipinski definition) is 1. The van der Waals surface area contributed by atoms with E-state index in [1.54, 1.807) is 40.1 Å². The number of amides is 3. The van der Waals surface area contributed by atoms with Gasteiger partial charge in [0.2, 0.25) is 5.76 Å². The highest BCUT2D eigenvalue weighted by Gasteiger charge is 2.31. The highest BCUT2D eigenvalue weighted by atomic mass is 16.4. The van der Waals surface area contributed by atoms with Crippen LogP contribution in [0.2, 0.25) is 0 Å². The van der Waals surface area contributed by atoms with E-state index in [0.717, 1.165) is 5.56 Å². The maximum Gasteiger partial charge on any atom is 0.291 e. The molecule has 172 valence electrons. The molecule has 8 nitrogen and oxygen atoms in total. The highest BCUT2D eigenvalue weighted by Crippen LogP contribution is 2.32. The fourth-order valence-electron chi connectivity index (χ4n) is 4.14. The molecule has 3 amide bonds. The summed E-state index contributed by atoms with van der Waals surface area (Å²) in [4.78, 5) is 42.3. The number of furan rings is 2. The second-order valence-electron chi connectivity index (χ2n) is 8.13. The number of piperazine rings is 1. The van der Waals surface area contributed by atoms with Crippen molar-refractivity contribution in [1.82, 2.24) is 9.80 Å². The van der Waals surface area contributed by atoms with Crippen molar-refractivity contribution in [2.75, 3.05) is 31.5 Å². The third-order valence-electron chi connectivity index (χ3n) is 6.00. The Morgan fingerprint density at radius 2 is 1.50 bits per heavy atom. The monoisotopic (exact) mass is 457 g/mol. The number of nitrogens with zero attached hydrogens (tertiary/aromatic N) is 2. The molecule has 8 heteroatoms. The third kappa shape index (κ3) is 3.94. The van der Waals surface area contributed by atoms with Gasteiger partial charge in [0, 0.05) is 37.1 Å². The van der Waals surface area contributed by atoms with Gasteiger partial charge in [0.05, 0.1) is 6.26 Å². The van der Waals surface area contributed by atoms with Gasteiger partial charge in [-0.15, -0.1) is 0 Å². The second kappa shape index (κ2) is 8.90. The van der Waals surface area contributed by atoms with Crippen LogP contribution in [-0.4, -0.2) is 53.7 Å². The smallest absolute Gasteiger partial charge is 0.291 e. The molecule has 0 unspecified atom stereocenters. The minimum absolute atomic E-state index is 0.0777. The van der Waals surface area contributed by atoms with Gasteiger partial charge in [0.1, 0.15) is 11.3 Å². The number of carbonyl (C=O) groups excluding carboxylic acids is 3. The van der Waals surface area contributed by atoms with Crippen molar-refractivity contribution < 1.29 is 23.2 Å². The molecule has 2 aromatic carbocycles. The normalized spacial score (nSPS) is 13.8. The summed E-state index contributed by atoms with van der Waals surface area (Å²) < 4.78 is 11.1. The minimum Gasteiger partial charge on any atom is -0.459 e. The second-order valence-corrected chi connectivity index (χ2v) is 8.13. The molecule has 0 atom stereocenters. The first-order valence-electron chi connectivity index (χ1n) is 11.0. The fourth-order valence-corrected chi connectivity index (χ4v) is 4.14. The van der Waals surface area contributed by atoms with Crippen LogP contribution >= 0.6 is 0 Å². The van der Waals surface area contributed by atoms with Crippen molar-refractivity contribution in [2.24, 2.45) is 0 Å². The van der Waals surface area contributed by atoms with Gasteiger partial charge in [0.15, 0.2) is 5.76 Å². The van der Waals surface area contributed by atoms with Crippen LogP contribution in [0.5, 0.6) is 0 Å². The fraction of sp³-hybridized carbons (Fsp3) is 0.192. The predicted molar refractivity (Wildman–Crippen MR) is 126 cm³/mol. The van der Waals surface area contributed by atoms with Crippen LogP contribution in [0.4, 0.5) is 5.69 Å². The third-order valence-corrected chi connectivity index (χ3v) is 6.00. The first-order valence-corrected chi connectivity index (χ1v) is 11.0. The summed E-state index contributed by atoms with van der Waals surface area (Å²) >= 11 is 0. The van der Waals surface area contributed by atoms with Gasteiger partial charge in [-0.3, -0.25) is 14.4 Å². The maximum atomic E-state index is 13.4.